The molecule has 2 aliphatic heterocycles. The molecule has 0 bridgehead atoms. The Bertz CT molecular complexity index is 514. The first-order valence-electron chi connectivity index (χ1n) is 6.33. The van der Waals surface area contributed by atoms with Crippen molar-refractivity contribution in [3.63, 3.8) is 0 Å². The Balaban J connectivity index is 1.80. The van der Waals surface area contributed by atoms with Crippen LogP contribution in [0.5, 0.6) is 0 Å². The maximum atomic E-state index is 12.4. The topological polar surface area (TPSA) is 54.8 Å². The Morgan fingerprint density at radius 2 is 2.21 bits per heavy atom. The Morgan fingerprint density at radius 3 is 2.95 bits per heavy atom. The fraction of sp³-hybridized carbons (Fsp3) is 0.462. The molecule has 0 saturated carbocycles. The van der Waals surface area contributed by atoms with E-state index in [-0.39, 0.29) is 5.91 Å². The van der Waals surface area contributed by atoms with Crippen LogP contribution in [-0.2, 0) is 9.53 Å². The molecule has 1 aromatic heterocycles. The van der Waals surface area contributed by atoms with E-state index >= 15 is 0 Å². The number of pyridine rings is 1. The molecule has 6 heteroatoms. The molecule has 0 aromatic carbocycles. The highest BCUT2D eigenvalue weighted by molar-refractivity contribution is 6.29. The van der Waals surface area contributed by atoms with Crippen molar-refractivity contribution in [1.82, 2.24) is 9.88 Å². The van der Waals surface area contributed by atoms with Crippen LogP contribution in [-0.4, -0.2) is 41.3 Å². The number of amides is 1. The zero-order valence-electron chi connectivity index (χ0n) is 10.3. The molecular weight excluding hydrogens is 266 g/mol. The minimum absolute atomic E-state index is 0.0317. The molecule has 0 aliphatic carbocycles. The minimum Gasteiger partial charge on any atom is -0.473 e. The van der Waals surface area contributed by atoms with Gasteiger partial charge < -0.3 is 9.64 Å². The van der Waals surface area contributed by atoms with E-state index in [4.69, 9.17) is 16.3 Å². The average Bonchev–Trinajstić information content (AvgIpc) is 3.09. The average molecular weight is 280 g/mol. The number of rotatable bonds is 2. The van der Waals surface area contributed by atoms with Gasteiger partial charge in [0.2, 0.25) is 0 Å². The van der Waals surface area contributed by atoms with E-state index in [2.05, 4.69) is 9.98 Å². The van der Waals surface area contributed by atoms with Gasteiger partial charge in [-0.15, -0.1) is 0 Å². The molecule has 0 spiro atoms. The normalized spacial score (nSPS) is 25.6. The zero-order chi connectivity index (χ0) is 13.2. The first-order valence-corrected chi connectivity index (χ1v) is 6.71. The molecular formula is C13H14ClN3O2. The molecule has 5 nitrogen and oxygen atoms in total. The second kappa shape index (κ2) is 5.17. The molecule has 2 atom stereocenters. The molecule has 3 heterocycles. The molecule has 1 amide bonds. The number of hydrogen-bond donors (Lipinski definition) is 0. The standard InChI is InChI=1S/C13H14ClN3O2/c14-10-7-9(3-4-15-10)12-11(16-8-19-12)13(18)17-5-1-2-6-17/h3-4,7-8,11-12H,1-2,5-6H2. The van der Waals surface area contributed by atoms with E-state index in [9.17, 15) is 4.79 Å². The third-order valence-electron chi connectivity index (χ3n) is 3.47. The van der Waals surface area contributed by atoms with Crippen LogP contribution in [0.25, 0.3) is 0 Å². The van der Waals surface area contributed by atoms with Crippen LogP contribution in [0, 0.1) is 0 Å². The fourth-order valence-corrected chi connectivity index (χ4v) is 2.67. The van der Waals surface area contributed by atoms with Crippen molar-refractivity contribution in [2.75, 3.05) is 13.1 Å². The van der Waals surface area contributed by atoms with Gasteiger partial charge in [-0.25, -0.2) is 9.98 Å². The van der Waals surface area contributed by atoms with Gasteiger partial charge in [0.15, 0.2) is 18.5 Å². The first-order chi connectivity index (χ1) is 9.25. The van der Waals surface area contributed by atoms with E-state index in [1.54, 1.807) is 18.3 Å². The molecule has 2 aliphatic rings. The third kappa shape index (κ3) is 2.42. The maximum Gasteiger partial charge on any atom is 0.251 e. The Labute approximate surface area is 116 Å². The quantitative estimate of drug-likeness (QED) is 0.776. The minimum atomic E-state index is -0.503. The van der Waals surface area contributed by atoms with Gasteiger partial charge in [0.05, 0.1) is 0 Å². The molecule has 0 N–H and O–H groups in total. The molecule has 1 aromatic rings. The lowest BCUT2D eigenvalue weighted by Gasteiger charge is -2.22. The third-order valence-corrected chi connectivity index (χ3v) is 3.67. The summed E-state index contributed by atoms with van der Waals surface area (Å²) in [6.45, 7) is 1.63. The largest absolute Gasteiger partial charge is 0.473 e. The summed E-state index contributed by atoms with van der Waals surface area (Å²) >= 11 is 5.87. The summed E-state index contributed by atoms with van der Waals surface area (Å²) < 4.78 is 5.46. The van der Waals surface area contributed by atoms with Gasteiger partial charge in [-0.2, -0.15) is 0 Å². The lowest BCUT2D eigenvalue weighted by molar-refractivity contribution is -0.133. The number of aliphatic imine (C=N–C) groups is 1. The van der Waals surface area contributed by atoms with Crippen molar-refractivity contribution in [3.05, 3.63) is 29.0 Å². The van der Waals surface area contributed by atoms with Crippen molar-refractivity contribution in [1.29, 1.82) is 0 Å². The predicted octanol–water partition coefficient (Wildman–Crippen LogP) is 1.83. The van der Waals surface area contributed by atoms with Crippen LogP contribution in [0.1, 0.15) is 24.5 Å². The summed E-state index contributed by atoms with van der Waals surface area (Å²) in [5.74, 6) is 0.0317. The highest BCUT2D eigenvalue weighted by Crippen LogP contribution is 2.29. The smallest absolute Gasteiger partial charge is 0.251 e. The van der Waals surface area contributed by atoms with Crippen LogP contribution < -0.4 is 0 Å². The fourth-order valence-electron chi connectivity index (χ4n) is 2.49. The summed E-state index contributed by atoms with van der Waals surface area (Å²) in [5, 5.41) is 0.389. The molecule has 3 rings (SSSR count). The number of carbonyl (C=O) groups excluding carboxylic acids is 1. The molecule has 0 radical (unpaired) electrons. The van der Waals surface area contributed by atoms with Crippen LogP contribution in [0.3, 0.4) is 0 Å². The number of carbonyl (C=O) groups is 1. The van der Waals surface area contributed by atoms with E-state index in [1.165, 1.54) is 6.40 Å². The van der Waals surface area contributed by atoms with Crippen molar-refractivity contribution in [2.45, 2.75) is 25.0 Å². The number of nitrogens with zero attached hydrogens (tertiary/aromatic N) is 3. The maximum absolute atomic E-state index is 12.4. The van der Waals surface area contributed by atoms with E-state index in [0.29, 0.717) is 5.15 Å². The molecule has 19 heavy (non-hydrogen) atoms. The summed E-state index contributed by atoms with van der Waals surface area (Å²) in [6.07, 6.45) is 4.70. The van der Waals surface area contributed by atoms with Crippen LogP contribution in [0.15, 0.2) is 23.3 Å². The number of hydrogen-bond acceptors (Lipinski definition) is 4. The lowest BCUT2D eigenvalue weighted by atomic mass is 10.0. The van der Waals surface area contributed by atoms with E-state index < -0.39 is 12.1 Å². The van der Waals surface area contributed by atoms with Gasteiger partial charge in [0.25, 0.3) is 5.91 Å². The van der Waals surface area contributed by atoms with Gasteiger partial charge in [-0.1, -0.05) is 11.6 Å². The molecule has 100 valence electrons. The highest BCUT2D eigenvalue weighted by atomic mass is 35.5. The van der Waals surface area contributed by atoms with Crippen molar-refractivity contribution >= 4 is 23.9 Å². The summed E-state index contributed by atoms with van der Waals surface area (Å²) in [4.78, 5) is 22.4. The number of likely N-dealkylation sites (tertiary alicyclic amines) is 1. The Kier molecular flexibility index (Phi) is 3.38. The van der Waals surface area contributed by atoms with Gasteiger partial charge in [0.1, 0.15) is 5.15 Å². The van der Waals surface area contributed by atoms with Crippen molar-refractivity contribution in [2.24, 2.45) is 4.99 Å². The second-order valence-electron chi connectivity index (χ2n) is 4.70. The number of ether oxygens (including phenoxy) is 1. The van der Waals surface area contributed by atoms with Gasteiger partial charge in [-0.05, 0) is 30.5 Å². The lowest BCUT2D eigenvalue weighted by Crippen LogP contribution is -2.38. The summed E-state index contributed by atoms with van der Waals surface area (Å²) in [7, 11) is 0. The van der Waals surface area contributed by atoms with Crippen LogP contribution >= 0.6 is 11.6 Å². The Morgan fingerprint density at radius 1 is 1.42 bits per heavy atom. The van der Waals surface area contributed by atoms with Gasteiger partial charge in [-0.3, -0.25) is 4.79 Å². The molecule has 1 fully saturated rings. The number of halogens is 1. The number of aromatic nitrogens is 1. The molecule has 1 saturated heterocycles. The monoisotopic (exact) mass is 279 g/mol. The first kappa shape index (κ1) is 12.4. The molecule has 2 unspecified atom stereocenters. The van der Waals surface area contributed by atoms with E-state index in [0.717, 1.165) is 31.5 Å². The predicted molar refractivity (Wildman–Crippen MR) is 71.2 cm³/mol. The van der Waals surface area contributed by atoms with Crippen molar-refractivity contribution < 1.29 is 9.53 Å². The van der Waals surface area contributed by atoms with Gasteiger partial charge >= 0.3 is 0 Å². The summed E-state index contributed by atoms with van der Waals surface area (Å²) in [5.41, 5.74) is 0.829. The SMILES string of the molecule is O=C(C1N=COC1c1ccnc(Cl)c1)N1CCCC1. The summed E-state index contributed by atoms with van der Waals surface area (Å²) in [6, 6.07) is 3.01. The highest BCUT2D eigenvalue weighted by Gasteiger charge is 2.37. The van der Waals surface area contributed by atoms with Crippen LogP contribution in [0.2, 0.25) is 5.15 Å². The second-order valence-corrected chi connectivity index (χ2v) is 5.09. The zero-order valence-corrected chi connectivity index (χ0v) is 11.1. The van der Waals surface area contributed by atoms with Crippen LogP contribution in [0.4, 0.5) is 0 Å². The van der Waals surface area contributed by atoms with Crippen molar-refractivity contribution in [3.8, 4) is 0 Å². The Hall–Kier alpha value is -1.62. The van der Waals surface area contributed by atoms with E-state index in [1.807, 2.05) is 4.90 Å². The van der Waals surface area contributed by atoms with Gasteiger partial charge in [0, 0.05) is 19.3 Å².